The number of carbonyl (C=O) groups is 1. The van der Waals surface area contributed by atoms with Crippen LogP contribution in [0.5, 0.6) is 0 Å². The summed E-state index contributed by atoms with van der Waals surface area (Å²) in [7, 11) is 0. The molecule has 0 fully saturated rings. The molecular formula is C18H17N3O2. The van der Waals surface area contributed by atoms with E-state index in [0.717, 1.165) is 11.1 Å². The van der Waals surface area contributed by atoms with Crippen LogP contribution in [0.15, 0.2) is 52.9 Å². The molecule has 1 N–H and O–H groups in total. The van der Waals surface area contributed by atoms with Crippen molar-refractivity contribution in [1.82, 2.24) is 15.5 Å². The lowest BCUT2D eigenvalue weighted by atomic mass is 10.1. The second-order valence-electron chi connectivity index (χ2n) is 5.22. The van der Waals surface area contributed by atoms with Crippen LogP contribution in [-0.4, -0.2) is 22.6 Å². The third kappa shape index (κ3) is 3.29. The predicted molar refractivity (Wildman–Crippen MR) is 87.9 cm³/mol. The Balaban J connectivity index is 1.83. The minimum absolute atomic E-state index is 0.0927. The lowest BCUT2D eigenvalue weighted by molar-refractivity contribution is 0.0956. The van der Waals surface area contributed by atoms with Crippen LogP contribution >= 0.6 is 0 Å². The molecule has 0 aliphatic heterocycles. The molecule has 0 saturated heterocycles. The van der Waals surface area contributed by atoms with Gasteiger partial charge in [0.05, 0.1) is 0 Å². The molecule has 0 radical (unpaired) electrons. The van der Waals surface area contributed by atoms with E-state index in [1.54, 1.807) is 24.3 Å². The first-order valence-electron chi connectivity index (χ1n) is 7.46. The van der Waals surface area contributed by atoms with Crippen molar-refractivity contribution in [2.24, 2.45) is 0 Å². The molecule has 0 aliphatic rings. The Morgan fingerprint density at radius 1 is 0.957 bits per heavy atom. The van der Waals surface area contributed by atoms with Crippen LogP contribution in [0.1, 0.15) is 22.8 Å². The highest BCUT2D eigenvalue weighted by atomic mass is 16.4. The first-order valence-corrected chi connectivity index (χ1v) is 7.46. The molecule has 116 valence electrons. The molecule has 1 aromatic heterocycles. The van der Waals surface area contributed by atoms with Crippen molar-refractivity contribution in [3.63, 3.8) is 0 Å². The van der Waals surface area contributed by atoms with Crippen LogP contribution in [0.4, 0.5) is 0 Å². The van der Waals surface area contributed by atoms with Gasteiger partial charge in [0.15, 0.2) is 0 Å². The van der Waals surface area contributed by atoms with Crippen LogP contribution in [0.25, 0.3) is 22.9 Å². The van der Waals surface area contributed by atoms with E-state index in [-0.39, 0.29) is 5.91 Å². The van der Waals surface area contributed by atoms with Crippen LogP contribution in [0, 0.1) is 6.92 Å². The van der Waals surface area contributed by atoms with Gasteiger partial charge in [0, 0.05) is 23.2 Å². The lowest BCUT2D eigenvalue weighted by Crippen LogP contribution is -2.22. The average molecular weight is 307 g/mol. The van der Waals surface area contributed by atoms with Crippen molar-refractivity contribution in [1.29, 1.82) is 0 Å². The number of carbonyl (C=O) groups excluding carboxylic acids is 1. The Hall–Kier alpha value is -2.95. The molecule has 1 amide bonds. The average Bonchev–Trinajstić information content (AvgIpc) is 3.06. The minimum Gasteiger partial charge on any atom is -0.416 e. The Kier molecular flexibility index (Phi) is 4.19. The normalized spacial score (nSPS) is 10.5. The molecule has 3 aromatic rings. The summed E-state index contributed by atoms with van der Waals surface area (Å²) in [6.45, 7) is 4.51. The molecule has 0 atom stereocenters. The molecule has 2 aromatic carbocycles. The zero-order valence-electron chi connectivity index (χ0n) is 13.0. The maximum Gasteiger partial charge on any atom is 0.251 e. The maximum absolute atomic E-state index is 11.7. The van der Waals surface area contributed by atoms with Crippen molar-refractivity contribution < 1.29 is 9.21 Å². The van der Waals surface area contributed by atoms with E-state index in [9.17, 15) is 4.79 Å². The number of nitrogens with one attached hydrogen (secondary N) is 1. The molecule has 23 heavy (non-hydrogen) atoms. The van der Waals surface area contributed by atoms with E-state index in [2.05, 4.69) is 15.5 Å². The number of nitrogens with zero attached hydrogens (tertiary/aromatic N) is 2. The van der Waals surface area contributed by atoms with Gasteiger partial charge in [0.2, 0.25) is 11.8 Å². The summed E-state index contributed by atoms with van der Waals surface area (Å²) in [4.78, 5) is 11.7. The molecule has 0 saturated carbocycles. The van der Waals surface area contributed by atoms with E-state index < -0.39 is 0 Å². The number of hydrogen-bond acceptors (Lipinski definition) is 4. The SMILES string of the molecule is CCNC(=O)c1ccc(-c2nnc(-c3ccc(C)cc3)o2)cc1. The largest absolute Gasteiger partial charge is 0.416 e. The summed E-state index contributed by atoms with van der Waals surface area (Å²) in [6, 6.07) is 15.0. The van der Waals surface area contributed by atoms with Gasteiger partial charge in [-0.3, -0.25) is 4.79 Å². The highest BCUT2D eigenvalue weighted by Crippen LogP contribution is 2.24. The summed E-state index contributed by atoms with van der Waals surface area (Å²) < 4.78 is 5.72. The Morgan fingerprint density at radius 3 is 2.00 bits per heavy atom. The second kappa shape index (κ2) is 6.44. The quantitative estimate of drug-likeness (QED) is 0.801. The van der Waals surface area contributed by atoms with Gasteiger partial charge in [0.1, 0.15) is 0 Å². The zero-order valence-corrected chi connectivity index (χ0v) is 13.0. The van der Waals surface area contributed by atoms with Gasteiger partial charge >= 0.3 is 0 Å². The molecule has 3 rings (SSSR count). The Morgan fingerprint density at radius 2 is 1.48 bits per heavy atom. The maximum atomic E-state index is 11.7. The first kappa shape index (κ1) is 15.0. The Bertz CT molecular complexity index is 805. The lowest BCUT2D eigenvalue weighted by Gasteiger charge is -2.02. The zero-order chi connectivity index (χ0) is 16.2. The third-order valence-electron chi connectivity index (χ3n) is 3.45. The standard InChI is InChI=1S/C18H17N3O2/c1-3-19-16(22)13-8-10-15(11-9-13)18-21-20-17(23-18)14-6-4-12(2)5-7-14/h4-11H,3H2,1-2H3,(H,19,22). The van der Waals surface area contributed by atoms with Gasteiger partial charge in [-0.15, -0.1) is 10.2 Å². The summed E-state index contributed by atoms with van der Waals surface area (Å²) in [5.74, 6) is 0.820. The van der Waals surface area contributed by atoms with Crippen LogP contribution in [-0.2, 0) is 0 Å². The van der Waals surface area contributed by atoms with E-state index >= 15 is 0 Å². The van der Waals surface area contributed by atoms with Gasteiger partial charge < -0.3 is 9.73 Å². The third-order valence-corrected chi connectivity index (χ3v) is 3.45. The molecule has 1 heterocycles. The molecule has 0 bridgehead atoms. The van der Waals surface area contributed by atoms with Crippen LogP contribution in [0.2, 0.25) is 0 Å². The molecule has 0 spiro atoms. The molecule has 0 unspecified atom stereocenters. The van der Waals surface area contributed by atoms with E-state index in [1.165, 1.54) is 5.56 Å². The summed E-state index contributed by atoms with van der Waals surface area (Å²) in [5, 5.41) is 10.9. The molecule has 0 aliphatic carbocycles. The van der Waals surface area contributed by atoms with Crippen LogP contribution in [0.3, 0.4) is 0 Å². The minimum atomic E-state index is -0.0927. The number of amides is 1. The smallest absolute Gasteiger partial charge is 0.251 e. The predicted octanol–water partition coefficient (Wildman–Crippen LogP) is 3.46. The molecular weight excluding hydrogens is 290 g/mol. The highest BCUT2D eigenvalue weighted by Gasteiger charge is 2.11. The van der Waals surface area contributed by atoms with Gasteiger partial charge in [-0.1, -0.05) is 17.7 Å². The van der Waals surface area contributed by atoms with Crippen molar-refractivity contribution in [3.8, 4) is 22.9 Å². The summed E-state index contributed by atoms with van der Waals surface area (Å²) in [6.07, 6.45) is 0. The fraction of sp³-hybridized carbons (Fsp3) is 0.167. The van der Waals surface area contributed by atoms with Gasteiger partial charge in [-0.2, -0.15) is 0 Å². The molecule has 5 heteroatoms. The summed E-state index contributed by atoms with van der Waals surface area (Å²) in [5.41, 5.74) is 3.44. The van der Waals surface area contributed by atoms with Crippen molar-refractivity contribution >= 4 is 5.91 Å². The van der Waals surface area contributed by atoms with E-state index in [0.29, 0.717) is 23.9 Å². The number of rotatable bonds is 4. The molecule has 5 nitrogen and oxygen atoms in total. The van der Waals surface area contributed by atoms with E-state index in [1.807, 2.05) is 38.1 Å². The fourth-order valence-corrected chi connectivity index (χ4v) is 2.18. The van der Waals surface area contributed by atoms with Crippen molar-refractivity contribution in [2.45, 2.75) is 13.8 Å². The number of benzene rings is 2. The first-order chi connectivity index (χ1) is 11.2. The summed E-state index contributed by atoms with van der Waals surface area (Å²) >= 11 is 0. The van der Waals surface area contributed by atoms with Crippen molar-refractivity contribution in [3.05, 3.63) is 59.7 Å². The highest BCUT2D eigenvalue weighted by molar-refractivity contribution is 5.94. The monoisotopic (exact) mass is 307 g/mol. The number of aryl methyl sites for hydroxylation is 1. The fourth-order valence-electron chi connectivity index (χ4n) is 2.18. The Labute approximate surface area is 134 Å². The van der Waals surface area contributed by atoms with Gasteiger partial charge in [-0.05, 0) is 50.2 Å². The topological polar surface area (TPSA) is 68.0 Å². The van der Waals surface area contributed by atoms with Gasteiger partial charge in [0.25, 0.3) is 5.91 Å². The van der Waals surface area contributed by atoms with E-state index in [4.69, 9.17) is 4.42 Å². The number of hydrogen-bond donors (Lipinski definition) is 1. The van der Waals surface area contributed by atoms with Gasteiger partial charge in [-0.25, -0.2) is 0 Å². The number of aromatic nitrogens is 2. The second-order valence-corrected chi connectivity index (χ2v) is 5.22. The van der Waals surface area contributed by atoms with Crippen LogP contribution < -0.4 is 5.32 Å². The van der Waals surface area contributed by atoms with Crippen molar-refractivity contribution in [2.75, 3.05) is 6.54 Å².